The summed E-state index contributed by atoms with van der Waals surface area (Å²) >= 11 is 8.31. The first kappa shape index (κ1) is 9.67. The molecule has 0 aliphatic heterocycles. The van der Waals surface area contributed by atoms with Crippen LogP contribution in [0.5, 0.6) is 5.75 Å². The van der Waals surface area contributed by atoms with Gasteiger partial charge in [-0.25, -0.2) is 13.8 Å². The van der Waals surface area contributed by atoms with Gasteiger partial charge in [-0.3, -0.25) is 0 Å². The second-order valence-electron chi connectivity index (χ2n) is 1.96. The normalized spacial score (nSPS) is 10.8. The molecule has 2 nitrogen and oxygen atoms in total. The van der Waals surface area contributed by atoms with Gasteiger partial charge in [0.15, 0.2) is 0 Å². The highest BCUT2D eigenvalue weighted by Crippen LogP contribution is 2.37. The van der Waals surface area contributed by atoms with Crippen LogP contribution in [-0.4, -0.2) is 10.1 Å². The number of halogens is 4. The Hall–Kier alpha value is -0.420. The quantitative estimate of drug-likeness (QED) is 0.785. The van der Waals surface area contributed by atoms with E-state index in [1.165, 1.54) is 0 Å². The average Bonchev–Trinajstić information content (AvgIpc) is 1.97. The van der Waals surface area contributed by atoms with Crippen molar-refractivity contribution in [2.24, 2.45) is 0 Å². The first-order chi connectivity index (χ1) is 5.54. The van der Waals surface area contributed by atoms with Gasteiger partial charge >= 0.3 is 0 Å². The zero-order valence-corrected chi connectivity index (χ0v) is 7.90. The lowest BCUT2D eigenvalue weighted by Gasteiger charge is -2.05. The predicted octanol–water partition coefficient (Wildman–Crippen LogP) is 3.14. The van der Waals surface area contributed by atoms with E-state index in [0.29, 0.717) is 0 Å². The van der Waals surface area contributed by atoms with Crippen molar-refractivity contribution in [2.75, 3.05) is 0 Å². The first-order valence-corrected chi connectivity index (χ1v) is 4.02. The summed E-state index contributed by atoms with van der Waals surface area (Å²) in [4.78, 5) is 3.52. The molecule has 66 valence electrons. The Balaban J connectivity index is 3.33. The van der Waals surface area contributed by atoms with Gasteiger partial charge in [0.1, 0.15) is 10.4 Å². The minimum atomic E-state index is -2.81. The predicted molar refractivity (Wildman–Crippen MR) is 43.6 cm³/mol. The third-order valence-corrected chi connectivity index (χ3v) is 2.42. The van der Waals surface area contributed by atoms with Crippen molar-refractivity contribution in [3.05, 3.63) is 21.4 Å². The van der Waals surface area contributed by atoms with Gasteiger partial charge in [-0.05, 0) is 15.9 Å². The molecule has 1 aromatic heterocycles. The zero-order chi connectivity index (χ0) is 9.30. The van der Waals surface area contributed by atoms with Crippen LogP contribution in [0, 0.1) is 0 Å². The van der Waals surface area contributed by atoms with Crippen molar-refractivity contribution in [2.45, 2.75) is 6.43 Å². The number of nitrogens with zero attached hydrogens (tertiary/aromatic N) is 1. The highest BCUT2D eigenvalue weighted by Gasteiger charge is 2.19. The van der Waals surface area contributed by atoms with Crippen molar-refractivity contribution in [3.63, 3.8) is 0 Å². The van der Waals surface area contributed by atoms with E-state index >= 15 is 0 Å². The molecule has 0 aromatic carbocycles. The minimum absolute atomic E-state index is 0.0947. The highest BCUT2D eigenvalue weighted by atomic mass is 79.9. The summed E-state index contributed by atoms with van der Waals surface area (Å²) in [5.74, 6) is -0.599. The fourth-order valence-corrected chi connectivity index (χ4v) is 1.22. The van der Waals surface area contributed by atoms with Crippen LogP contribution in [0.15, 0.2) is 10.8 Å². The van der Waals surface area contributed by atoms with E-state index in [1.54, 1.807) is 0 Å². The molecule has 0 amide bonds. The van der Waals surface area contributed by atoms with E-state index in [4.69, 9.17) is 16.7 Å². The number of rotatable bonds is 1. The molecule has 0 atom stereocenters. The standard InChI is InChI=1S/C6H3BrClF2NO/c7-5-4(8)3(6(9)10)2(12)1-11-5/h1,6,12H. The number of pyridine rings is 1. The molecule has 0 aliphatic rings. The molecule has 0 fully saturated rings. The molecular weight excluding hydrogens is 255 g/mol. The van der Waals surface area contributed by atoms with Gasteiger partial charge in [0.25, 0.3) is 6.43 Å². The van der Waals surface area contributed by atoms with E-state index in [-0.39, 0.29) is 9.63 Å². The maximum Gasteiger partial charge on any atom is 0.269 e. The van der Waals surface area contributed by atoms with Crippen LogP contribution in [0.3, 0.4) is 0 Å². The molecule has 1 N–H and O–H groups in total. The third-order valence-electron chi connectivity index (χ3n) is 1.21. The molecule has 1 aromatic rings. The van der Waals surface area contributed by atoms with Gasteiger partial charge in [0.05, 0.1) is 16.8 Å². The molecule has 1 rings (SSSR count). The van der Waals surface area contributed by atoms with E-state index in [2.05, 4.69) is 20.9 Å². The van der Waals surface area contributed by atoms with E-state index in [1.807, 2.05) is 0 Å². The highest BCUT2D eigenvalue weighted by molar-refractivity contribution is 9.10. The summed E-state index contributed by atoms with van der Waals surface area (Å²) < 4.78 is 24.4. The van der Waals surface area contributed by atoms with Crippen molar-refractivity contribution >= 4 is 27.5 Å². The summed E-state index contributed by atoms with van der Waals surface area (Å²) in [5, 5.41) is 8.68. The topological polar surface area (TPSA) is 33.1 Å². The lowest BCUT2D eigenvalue weighted by molar-refractivity contribution is 0.147. The molecular formula is C6H3BrClF2NO. The van der Waals surface area contributed by atoms with Gasteiger partial charge in [0.2, 0.25) is 0 Å². The third kappa shape index (κ3) is 1.67. The lowest BCUT2D eigenvalue weighted by Crippen LogP contribution is -1.90. The molecule has 12 heavy (non-hydrogen) atoms. The van der Waals surface area contributed by atoms with Crippen LogP contribution in [0.25, 0.3) is 0 Å². The van der Waals surface area contributed by atoms with Gasteiger partial charge in [-0.1, -0.05) is 11.6 Å². The molecule has 0 radical (unpaired) electrons. The Bertz CT molecular complexity index is 308. The van der Waals surface area contributed by atoms with Crippen molar-refractivity contribution < 1.29 is 13.9 Å². The number of hydrogen-bond donors (Lipinski definition) is 1. The van der Waals surface area contributed by atoms with Gasteiger partial charge < -0.3 is 5.11 Å². The molecule has 6 heteroatoms. The molecule has 0 saturated carbocycles. The van der Waals surface area contributed by atoms with Gasteiger partial charge in [-0.15, -0.1) is 0 Å². The summed E-state index contributed by atoms with van der Waals surface area (Å²) in [6.45, 7) is 0. The van der Waals surface area contributed by atoms with Crippen molar-refractivity contribution in [3.8, 4) is 5.75 Å². The van der Waals surface area contributed by atoms with Gasteiger partial charge in [0, 0.05) is 0 Å². The Morgan fingerprint density at radius 2 is 2.17 bits per heavy atom. The average molecular weight is 258 g/mol. The largest absolute Gasteiger partial charge is 0.506 e. The van der Waals surface area contributed by atoms with E-state index in [9.17, 15) is 8.78 Å². The molecule has 0 aliphatic carbocycles. The summed E-state index contributed by atoms with van der Waals surface area (Å²) in [5.41, 5.74) is -0.599. The van der Waals surface area contributed by atoms with Crippen LogP contribution in [0.4, 0.5) is 8.78 Å². The Labute approximate surface area is 80.3 Å². The van der Waals surface area contributed by atoms with Crippen LogP contribution < -0.4 is 0 Å². The molecule has 0 unspecified atom stereocenters. The number of aromatic hydroxyl groups is 1. The smallest absolute Gasteiger partial charge is 0.269 e. The van der Waals surface area contributed by atoms with E-state index < -0.39 is 17.7 Å². The lowest BCUT2D eigenvalue weighted by atomic mass is 10.2. The summed E-state index contributed by atoms with van der Waals surface area (Å²) in [6.07, 6.45) is -1.89. The Morgan fingerprint density at radius 3 is 2.58 bits per heavy atom. The number of alkyl halides is 2. The maximum absolute atomic E-state index is 12.2. The summed E-state index contributed by atoms with van der Waals surface area (Å²) in [6, 6.07) is 0. The maximum atomic E-state index is 12.2. The second-order valence-corrected chi connectivity index (χ2v) is 3.09. The SMILES string of the molecule is Oc1cnc(Br)c(Cl)c1C(F)F. The van der Waals surface area contributed by atoms with Crippen LogP contribution in [0.1, 0.15) is 12.0 Å². The minimum Gasteiger partial charge on any atom is -0.506 e. The van der Waals surface area contributed by atoms with Crippen molar-refractivity contribution in [1.82, 2.24) is 4.98 Å². The fraction of sp³-hybridized carbons (Fsp3) is 0.167. The molecule has 1 heterocycles. The van der Waals surface area contributed by atoms with Crippen molar-refractivity contribution in [1.29, 1.82) is 0 Å². The van der Waals surface area contributed by atoms with Crippen LogP contribution in [-0.2, 0) is 0 Å². The fourth-order valence-electron chi connectivity index (χ4n) is 0.675. The van der Waals surface area contributed by atoms with E-state index in [0.717, 1.165) is 6.20 Å². The Morgan fingerprint density at radius 1 is 1.58 bits per heavy atom. The molecule has 0 saturated heterocycles. The first-order valence-electron chi connectivity index (χ1n) is 2.85. The van der Waals surface area contributed by atoms with Gasteiger partial charge in [-0.2, -0.15) is 0 Å². The second kappa shape index (κ2) is 3.53. The number of aromatic nitrogens is 1. The van der Waals surface area contributed by atoms with Crippen LogP contribution >= 0.6 is 27.5 Å². The summed E-state index contributed by atoms with van der Waals surface area (Å²) in [7, 11) is 0. The Kier molecular flexibility index (Phi) is 2.85. The monoisotopic (exact) mass is 257 g/mol. The zero-order valence-electron chi connectivity index (χ0n) is 5.56. The molecule has 0 bridgehead atoms. The van der Waals surface area contributed by atoms with Crippen LogP contribution in [0.2, 0.25) is 5.02 Å². The molecule has 0 spiro atoms. The number of hydrogen-bond acceptors (Lipinski definition) is 2.